The highest BCUT2D eigenvalue weighted by atomic mass is 19.1. The summed E-state index contributed by atoms with van der Waals surface area (Å²) in [6.07, 6.45) is -1.47. The molecule has 0 spiro atoms. The molecule has 0 aliphatic carbocycles. The van der Waals surface area contributed by atoms with Crippen molar-refractivity contribution in [3.63, 3.8) is 0 Å². The number of carbonyl (C=O) groups is 1. The molecule has 0 radical (unpaired) electrons. The summed E-state index contributed by atoms with van der Waals surface area (Å²) in [6, 6.07) is 2.73. The smallest absolute Gasteiger partial charge is 0.314 e. The lowest BCUT2D eigenvalue weighted by atomic mass is 10.1. The second-order valence-electron chi connectivity index (χ2n) is 5.18. The number of benzene rings is 1. The lowest BCUT2D eigenvalue weighted by Crippen LogP contribution is -2.45. The largest absolute Gasteiger partial charge is 0.386 e. The minimum atomic E-state index is -1.47. The summed E-state index contributed by atoms with van der Waals surface area (Å²) in [6.45, 7) is 3.52. The number of hydrogen-bond donors (Lipinski definition) is 3. The number of halogens is 2. The van der Waals surface area contributed by atoms with E-state index in [0.29, 0.717) is 0 Å². The minimum Gasteiger partial charge on any atom is -0.386 e. The van der Waals surface area contributed by atoms with Crippen LogP contribution in [0, 0.1) is 11.6 Å². The molecule has 0 fully saturated rings. The average Bonchev–Trinajstić information content (AvgIpc) is 2.43. The molecule has 0 bridgehead atoms. The van der Waals surface area contributed by atoms with Gasteiger partial charge in [-0.25, -0.2) is 13.6 Å². The van der Waals surface area contributed by atoms with Crippen LogP contribution in [0.2, 0.25) is 0 Å². The second kappa shape index (κ2) is 7.33. The summed E-state index contributed by atoms with van der Waals surface area (Å²) in [7, 11) is 1.52. The van der Waals surface area contributed by atoms with Crippen LogP contribution in [0.1, 0.15) is 25.5 Å². The van der Waals surface area contributed by atoms with Gasteiger partial charge in [0, 0.05) is 20.2 Å². The first kappa shape index (κ1) is 17.3. The number of hydrogen-bond acceptors (Lipinski definition) is 3. The standard InChI is InChI=1S/C14H20F2N2O3/c1-14(2,21-3)8-18-13(20)17-7-11(19)12-9(15)5-4-6-10(12)16/h4-6,11,19H,7-8H2,1-3H3,(H2,17,18,20). The molecular formula is C14H20F2N2O3. The van der Waals surface area contributed by atoms with Crippen LogP contribution in [0.5, 0.6) is 0 Å². The van der Waals surface area contributed by atoms with Crippen LogP contribution in [0.15, 0.2) is 18.2 Å². The molecule has 0 saturated heterocycles. The minimum absolute atomic E-state index is 0.249. The molecule has 0 aliphatic heterocycles. The molecule has 1 atom stereocenters. The summed E-state index contributed by atoms with van der Waals surface area (Å²) in [5.41, 5.74) is -0.997. The monoisotopic (exact) mass is 302 g/mol. The normalized spacial score (nSPS) is 12.9. The molecule has 21 heavy (non-hydrogen) atoms. The Balaban J connectivity index is 2.50. The van der Waals surface area contributed by atoms with Crippen LogP contribution in [-0.2, 0) is 4.74 Å². The van der Waals surface area contributed by atoms with Crippen LogP contribution < -0.4 is 10.6 Å². The molecule has 0 saturated carbocycles. The molecule has 2 amide bonds. The molecular weight excluding hydrogens is 282 g/mol. The van der Waals surface area contributed by atoms with Gasteiger partial charge in [0.15, 0.2) is 0 Å². The highest BCUT2D eigenvalue weighted by Crippen LogP contribution is 2.19. The van der Waals surface area contributed by atoms with Crippen molar-refractivity contribution in [1.82, 2.24) is 10.6 Å². The molecule has 0 aliphatic rings. The lowest BCUT2D eigenvalue weighted by Gasteiger charge is -2.23. The summed E-state index contributed by atoms with van der Waals surface area (Å²) in [5, 5.41) is 14.6. The number of ether oxygens (including phenoxy) is 1. The number of aliphatic hydroxyl groups excluding tert-OH is 1. The van der Waals surface area contributed by atoms with E-state index >= 15 is 0 Å². The molecule has 1 aromatic carbocycles. The van der Waals surface area contributed by atoms with E-state index in [4.69, 9.17) is 4.74 Å². The van der Waals surface area contributed by atoms with Gasteiger partial charge in [-0.15, -0.1) is 0 Å². The average molecular weight is 302 g/mol. The molecule has 0 heterocycles. The zero-order chi connectivity index (χ0) is 16.0. The van der Waals surface area contributed by atoms with Crippen molar-refractivity contribution in [2.45, 2.75) is 25.6 Å². The van der Waals surface area contributed by atoms with E-state index < -0.39 is 34.9 Å². The van der Waals surface area contributed by atoms with Gasteiger partial charge in [-0.2, -0.15) is 0 Å². The number of nitrogens with one attached hydrogen (secondary N) is 2. The number of methoxy groups -OCH3 is 1. The van der Waals surface area contributed by atoms with Crippen molar-refractivity contribution < 1.29 is 23.4 Å². The molecule has 1 unspecified atom stereocenters. The van der Waals surface area contributed by atoms with Crippen LogP contribution in [0.3, 0.4) is 0 Å². The fourth-order valence-corrected chi connectivity index (χ4v) is 1.55. The number of amides is 2. The van der Waals surface area contributed by atoms with E-state index in [0.717, 1.165) is 12.1 Å². The van der Waals surface area contributed by atoms with Gasteiger partial charge < -0.3 is 20.5 Å². The van der Waals surface area contributed by atoms with Gasteiger partial charge in [-0.1, -0.05) is 6.07 Å². The van der Waals surface area contributed by atoms with Gasteiger partial charge in [-0.05, 0) is 26.0 Å². The van der Waals surface area contributed by atoms with Gasteiger partial charge in [0.1, 0.15) is 17.7 Å². The first-order valence-corrected chi connectivity index (χ1v) is 6.45. The number of aliphatic hydroxyl groups is 1. The molecule has 7 heteroatoms. The van der Waals surface area contributed by atoms with Crippen LogP contribution in [-0.4, -0.2) is 36.9 Å². The van der Waals surface area contributed by atoms with E-state index in [1.807, 2.05) is 0 Å². The Kier molecular flexibility index (Phi) is 6.04. The fourth-order valence-electron chi connectivity index (χ4n) is 1.55. The highest BCUT2D eigenvalue weighted by molar-refractivity contribution is 5.73. The Morgan fingerprint density at radius 3 is 2.43 bits per heavy atom. The topological polar surface area (TPSA) is 70.6 Å². The lowest BCUT2D eigenvalue weighted by molar-refractivity contribution is 0.0253. The molecule has 0 aromatic heterocycles. The van der Waals surface area contributed by atoms with Crippen LogP contribution in [0.25, 0.3) is 0 Å². The van der Waals surface area contributed by atoms with Gasteiger partial charge in [-0.3, -0.25) is 0 Å². The van der Waals surface area contributed by atoms with E-state index in [2.05, 4.69) is 10.6 Å². The summed E-state index contributed by atoms with van der Waals surface area (Å²) >= 11 is 0. The number of carbonyl (C=O) groups excluding carboxylic acids is 1. The predicted octanol–water partition coefficient (Wildman–Crippen LogP) is 1.72. The zero-order valence-corrected chi connectivity index (χ0v) is 12.2. The second-order valence-corrected chi connectivity index (χ2v) is 5.18. The highest BCUT2D eigenvalue weighted by Gasteiger charge is 2.20. The number of rotatable bonds is 6. The van der Waals surface area contributed by atoms with Crippen molar-refractivity contribution in [2.75, 3.05) is 20.2 Å². The van der Waals surface area contributed by atoms with Gasteiger partial charge in [0.25, 0.3) is 0 Å². The Bertz CT molecular complexity index is 475. The third-order valence-corrected chi connectivity index (χ3v) is 3.02. The quantitative estimate of drug-likeness (QED) is 0.749. The third kappa shape index (κ3) is 5.28. The van der Waals surface area contributed by atoms with Crippen molar-refractivity contribution in [3.8, 4) is 0 Å². The van der Waals surface area contributed by atoms with Crippen molar-refractivity contribution in [2.24, 2.45) is 0 Å². The summed E-state index contributed by atoms with van der Waals surface area (Å²) in [4.78, 5) is 11.5. The zero-order valence-electron chi connectivity index (χ0n) is 12.2. The van der Waals surface area contributed by atoms with Crippen molar-refractivity contribution in [3.05, 3.63) is 35.4 Å². The Labute approximate surface area is 122 Å². The first-order chi connectivity index (χ1) is 9.76. The van der Waals surface area contributed by atoms with E-state index in [-0.39, 0.29) is 13.1 Å². The first-order valence-electron chi connectivity index (χ1n) is 6.45. The molecule has 1 rings (SSSR count). The Morgan fingerprint density at radius 1 is 1.33 bits per heavy atom. The van der Waals surface area contributed by atoms with Crippen molar-refractivity contribution in [1.29, 1.82) is 0 Å². The third-order valence-electron chi connectivity index (χ3n) is 3.02. The molecule has 1 aromatic rings. The molecule has 118 valence electrons. The SMILES string of the molecule is COC(C)(C)CNC(=O)NCC(O)c1c(F)cccc1F. The predicted molar refractivity (Wildman–Crippen MR) is 73.8 cm³/mol. The van der Waals surface area contributed by atoms with E-state index in [9.17, 15) is 18.7 Å². The maximum atomic E-state index is 13.4. The van der Waals surface area contributed by atoms with Gasteiger partial charge in [0.2, 0.25) is 0 Å². The Morgan fingerprint density at radius 2 is 1.90 bits per heavy atom. The van der Waals surface area contributed by atoms with E-state index in [1.54, 1.807) is 13.8 Å². The number of urea groups is 1. The molecule has 3 N–H and O–H groups in total. The maximum absolute atomic E-state index is 13.4. The summed E-state index contributed by atoms with van der Waals surface area (Å²) < 4.78 is 32.0. The molecule has 5 nitrogen and oxygen atoms in total. The fraction of sp³-hybridized carbons (Fsp3) is 0.500. The van der Waals surface area contributed by atoms with Crippen molar-refractivity contribution >= 4 is 6.03 Å². The maximum Gasteiger partial charge on any atom is 0.314 e. The van der Waals surface area contributed by atoms with Crippen LogP contribution in [0.4, 0.5) is 13.6 Å². The van der Waals surface area contributed by atoms with E-state index in [1.165, 1.54) is 13.2 Å². The van der Waals surface area contributed by atoms with Crippen LogP contribution >= 0.6 is 0 Å². The Hall–Kier alpha value is -1.73. The summed E-state index contributed by atoms with van der Waals surface area (Å²) in [5.74, 6) is -1.71. The van der Waals surface area contributed by atoms with Gasteiger partial charge in [0.05, 0.1) is 11.2 Å². The van der Waals surface area contributed by atoms with Gasteiger partial charge >= 0.3 is 6.03 Å².